The highest BCUT2D eigenvalue weighted by molar-refractivity contribution is 6.30. The number of rotatable bonds is 3. The third-order valence-electron chi connectivity index (χ3n) is 4.54. The number of pyridine rings is 1. The van der Waals surface area contributed by atoms with Crippen LogP contribution in [-0.4, -0.2) is 26.4 Å². The van der Waals surface area contributed by atoms with Crippen LogP contribution in [0.5, 0.6) is 0 Å². The molecule has 1 N–H and O–H groups in total. The van der Waals surface area contributed by atoms with Crippen molar-refractivity contribution in [1.29, 1.82) is 0 Å². The van der Waals surface area contributed by atoms with E-state index in [0.29, 0.717) is 48.0 Å². The van der Waals surface area contributed by atoms with E-state index in [1.54, 1.807) is 12.1 Å². The fourth-order valence-electron chi connectivity index (χ4n) is 3.18. The third-order valence-corrected chi connectivity index (χ3v) is 5.13. The minimum atomic E-state index is -0.432. The highest BCUT2D eigenvalue weighted by atomic mass is 35.5. The molecular formula is C19H15Cl2FN4O. The topological polar surface area (TPSA) is 61.9 Å². The second-order valence-electron chi connectivity index (χ2n) is 6.41. The van der Waals surface area contributed by atoms with E-state index in [1.165, 1.54) is 6.07 Å². The van der Waals surface area contributed by atoms with Gasteiger partial charge in [0.2, 0.25) is 0 Å². The van der Waals surface area contributed by atoms with Gasteiger partial charge in [-0.15, -0.1) is 0 Å². The molecule has 0 unspecified atom stereocenters. The van der Waals surface area contributed by atoms with Gasteiger partial charge in [0.1, 0.15) is 16.8 Å². The molecule has 0 spiro atoms. The molecule has 8 heteroatoms. The maximum Gasteiger partial charge on any atom is 0.255 e. The standard InChI is InChI=1S/C19H15Cl2FN4O/c20-13-3-1-11(2-4-13)18-24-16-5-6-26(10-15(16)19(27)25-18)9-12-7-14(22)8-23-17(12)21/h1-4,7-8H,5-6,9-10H2,(H,24,25,27). The van der Waals surface area contributed by atoms with Crippen molar-refractivity contribution in [3.8, 4) is 11.4 Å². The number of hydrogen-bond donors (Lipinski definition) is 1. The average molecular weight is 405 g/mol. The van der Waals surface area contributed by atoms with E-state index in [4.69, 9.17) is 23.2 Å². The molecule has 1 aliphatic rings. The zero-order valence-electron chi connectivity index (χ0n) is 14.2. The number of aromatic amines is 1. The van der Waals surface area contributed by atoms with Crippen molar-refractivity contribution >= 4 is 23.2 Å². The number of hydrogen-bond acceptors (Lipinski definition) is 4. The van der Waals surface area contributed by atoms with Gasteiger partial charge in [-0.05, 0) is 30.3 Å². The molecule has 3 aromatic rings. The molecule has 2 aromatic heterocycles. The van der Waals surface area contributed by atoms with Crippen LogP contribution < -0.4 is 5.56 Å². The Hall–Kier alpha value is -2.28. The van der Waals surface area contributed by atoms with Gasteiger partial charge in [0.15, 0.2) is 0 Å². The van der Waals surface area contributed by atoms with Gasteiger partial charge in [-0.2, -0.15) is 0 Å². The summed E-state index contributed by atoms with van der Waals surface area (Å²) in [5.41, 5.74) is 2.64. The first kappa shape index (κ1) is 18.1. The van der Waals surface area contributed by atoms with Gasteiger partial charge in [0.05, 0.1) is 17.5 Å². The smallest absolute Gasteiger partial charge is 0.255 e. The number of halogens is 3. The quantitative estimate of drug-likeness (QED) is 0.673. The second kappa shape index (κ2) is 7.38. The maximum atomic E-state index is 13.4. The van der Waals surface area contributed by atoms with Crippen molar-refractivity contribution in [1.82, 2.24) is 19.9 Å². The molecule has 0 radical (unpaired) electrons. The number of aromatic nitrogens is 3. The Balaban J connectivity index is 1.59. The maximum absolute atomic E-state index is 13.4. The largest absolute Gasteiger partial charge is 0.306 e. The van der Waals surface area contributed by atoms with Crippen molar-refractivity contribution in [3.05, 3.63) is 79.7 Å². The van der Waals surface area contributed by atoms with Crippen LogP contribution in [0.15, 0.2) is 41.3 Å². The molecule has 0 amide bonds. The van der Waals surface area contributed by atoms with Gasteiger partial charge in [0.25, 0.3) is 5.56 Å². The zero-order valence-corrected chi connectivity index (χ0v) is 15.7. The first-order chi connectivity index (χ1) is 13.0. The average Bonchev–Trinajstić information content (AvgIpc) is 2.65. The molecule has 3 heterocycles. The Morgan fingerprint density at radius 1 is 1.22 bits per heavy atom. The lowest BCUT2D eigenvalue weighted by molar-refractivity contribution is 0.241. The number of nitrogens with zero attached hydrogens (tertiary/aromatic N) is 3. The van der Waals surface area contributed by atoms with Crippen molar-refractivity contribution < 1.29 is 4.39 Å². The van der Waals surface area contributed by atoms with Crippen LogP contribution in [0.4, 0.5) is 4.39 Å². The predicted octanol–water partition coefficient (Wildman–Crippen LogP) is 3.84. The molecule has 0 bridgehead atoms. The van der Waals surface area contributed by atoms with E-state index in [1.807, 2.05) is 17.0 Å². The summed E-state index contributed by atoms with van der Waals surface area (Å²) in [4.78, 5) is 25.9. The van der Waals surface area contributed by atoms with E-state index in [0.717, 1.165) is 17.5 Å². The Labute approximate surface area is 164 Å². The second-order valence-corrected chi connectivity index (χ2v) is 7.21. The molecule has 27 heavy (non-hydrogen) atoms. The highest BCUT2D eigenvalue weighted by Gasteiger charge is 2.22. The molecule has 138 valence electrons. The van der Waals surface area contributed by atoms with Crippen LogP contribution in [0.3, 0.4) is 0 Å². The van der Waals surface area contributed by atoms with Crippen molar-refractivity contribution in [2.75, 3.05) is 6.54 Å². The van der Waals surface area contributed by atoms with Crippen molar-refractivity contribution in [2.45, 2.75) is 19.5 Å². The normalized spacial score (nSPS) is 14.2. The van der Waals surface area contributed by atoms with Gasteiger partial charge in [-0.25, -0.2) is 14.4 Å². The molecule has 0 fully saturated rings. The number of nitrogens with one attached hydrogen (secondary N) is 1. The van der Waals surface area contributed by atoms with Gasteiger partial charge in [0, 0.05) is 42.2 Å². The van der Waals surface area contributed by atoms with Gasteiger partial charge < -0.3 is 4.98 Å². The van der Waals surface area contributed by atoms with Crippen LogP contribution in [-0.2, 0) is 19.5 Å². The molecular weight excluding hydrogens is 390 g/mol. The molecule has 1 aliphatic heterocycles. The van der Waals surface area contributed by atoms with E-state index in [2.05, 4.69) is 15.0 Å². The zero-order chi connectivity index (χ0) is 19.0. The summed E-state index contributed by atoms with van der Waals surface area (Å²) < 4.78 is 13.4. The van der Waals surface area contributed by atoms with Gasteiger partial charge >= 0.3 is 0 Å². The summed E-state index contributed by atoms with van der Waals surface area (Å²) >= 11 is 12.0. The SMILES string of the molecule is O=c1[nH]c(-c2ccc(Cl)cc2)nc2c1CN(Cc1cc(F)cnc1Cl)CC2. The molecule has 0 aliphatic carbocycles. The lowest BCUT2D eigenvalue weighted by atomic mass is 10.1. The number of benzene rings is 1. The van der Waals surface area contributed by atoms with E-state index < -0.39 is 5.82 Å². The van der Waals surface area contributed by atoms with E-state index in [-0.39, 0.29) is 10.7 Å². The molecule has 0 atom stereocenters. The number of fused-ring (bicyclic) bond motifs is 1. The minimum Gasteiger partial charge on any atom is -0.306 e. The fraction of sp³-hybridized carbons (Fsp3) is 0.211. The molecule has 0 saturated carbocycles. The Kier molecular flexibility index (Phi) is 4.95. The highest BCUT2D eigenvalue weighted by Crippen LogP contribution is 2.23. The van der Waals surface area contributed by atoms with E-state index in [9.17, 15) is 9.18 Å². The van der Waals surface area contributed by atoms with E-state index >= 15 is 0 Å². The third kappa shape index (κ3) is 3.88. The van der Waals surface area contributed by atoms with Crippen LogP contribution in [0.2, 0.25) is 10.2 Å². The summed E-state index contributed by atoms with van der Waals surface area (Å²) in [6.45, 7) is 1.53. The minimum absolute atomic E-state index is 0.168. The monoisotopic (exact) mass is 404 g/mol. The van der Waals surface area contributed by atoms with Crippen LogP contribution in [0.1, 0.15) is 16.8 Å². The summed E-state index contributed by atoms with van der Waals surface area (Å²) in [6, 6.07) is 8.53. The number of H-pyrrole nitrogens is 1. The van der Waals surface area contributed by atoms with Crippen molar-refractivity contribution in [3.63, 3.8) is 0 Å². The van der Waals surface area contributed by atoms with Crippen LogP contribution in [0, 0.1) is 5.82 Å². The fourth-order valence-corrected chi connectivity index (χ4v) is 3.47. The van der Waals surface area contributed by atoms with Crippen molar-refractivity contribution in [2.24, 2.45) is 0 Å². The van der Waals surface area contributed by atoms with Gasteiger partial charge in [-0.1, -0.05) is 23.2 Å². The predicted molar refractivity (Wildman–Crippen MR) is 102 cm³/mol. The lowest BCUT2D eigenvalue weighted by Gasteiger charge is -2.27. The molecule has 1 aromatic carbocycles. The van der Waals surface area contributed by atoms with Crippen LogP contribution >= 0.6 is 23.2 Å². The lowest BCUT2D eigenvalue weighted by Crippen LogP contribution is -2.35. The first-order valence-corrected chi connectivity index (χ1v) is 9.15. The summed E-state index contributed by atoms with van der Waals surface area (Å²) in [5, 5.41) is 0.896. The summed E-state index contributed by atoms with van der Waals surface area (Å²) in [6.07, 6.45) is 1.71. The molecule has 5 nitrogen and oxygen atoms in total. The Bertz CT molecular complexity index is 1050. The first-order valence-electron chi connectivity index (χ1n) is 8.40. The summed E-state index contributed by atoms with van der Waals surface area (Å²) in [7, 11) is 0. The van der Waals surface area contributed by atoms with Gasteiger partial charge in [-0.3, -0.25) is 9.69 Å². The van der Waals surface area contributed by atoms with Crippen LogP contribution in [0.25, 0.3) is 11.4 Å². The molecule has 4 rings (SSSR count). The molecule has 0 saturated heterocycles. The summed E-state index contributed by atoms with van der Waals surface area (Å²) in [5.74, 6) is 0.0974. The Morgan fingerprint density at radius 3 is 2.78 bits per heavy atom. The Morgan fingerprint density at radius 2 is 2.00 bits per heavy atom.